The van der Waals surface area contributed by atoms with Gasteiger partial charge in [-0.05, 0) is 43.4 Å². The fourth-order valence-electron chi connectivity index (χ4n) is 1.76. The van der Waals surface area contributed by atoms with E-state index in [-0.39, 0.29) is 11.7 Å². The van der Waals surface area contributed by atoms with Crippen LogP contribution in [0.1, 0.15) is 38.2 Å². The fraction of sp³-hybridized carbons (Fsp3) is 0.538. The molecule has 1 aromatic rings. The summed E-state index contributed by atoms with van der Waals surface area (Å²) in [4.78, 5) is 0. The zero-order valence-corrected chi connectivity index (χ0v) is 9.73. The molecule has 2 nitrogen and oxygen atoms in total. The number of rotatable bonds is 5. The lowest BCUT2D eigenvalue weighted by Crippen LogP contribution is -2.24. The Kier molecular flexibility index (Phi) is 4.90. The minimum Gasteiger partial charge on any atom is -0.391 e. The number of aliphatic hydroxyl groups is 2. The summed E-state index contributed by atoms with van der Waals surface area (Å²) >= 11 is 0. The van der Waals surface area contributed by atoms with Gasteiger partial charge in [0.05, 0.1) is 12.2 Å². The van der Waals surface area contributed by atoms with Gasteiger partial charge in [0, 0.05) is 0 Å². The van der Waals surface area contributed by atoms with E-state index in [4.69, 9.17) is 0 Å². The van der Waals surface area contributed by atoms with Crippen LogP contribution in [0.3, 0.4) is 0 Å². The van der Waals surface area contributed by atoms with Gasteiger partial charge in [0.2, 0.25) is 0 Å². The zero-order valence-electron chi connectivity index (χ0n) is 9.73. The van der Waals surface area contributed by atoms with Gasteiger partial charge in [-0.15, -0.1) is 0 Å². The molecule has 0 bridgehead atoms. The Morgan fingerprint density at radius 1 is 1.19 bits per heavy atom. The van der Waals surface area contributed by atoms with E-state index in [1.165, 1.54) is 12.1 Å². The molecule has 0 aromatic heterocycles. The summed E-state index contributed by atoms with van der Waals surface area (Å²) in [5, 5.41) is 18.9. The van der Waals surface area contributed by atoms with Crippen molar-refractivity contribution in [2.24, 2.45) is 0 Å². The number of benzene rings is 1. The van der Waals surface area contributed by atoms with Gasteiger partial charge in [0.25, 0.3) is 0 Å². The Hall–Kier alpha value is -0.930. The lowest BCUT2D eigenvalue weighted by Gasteiger charge is -2.21. The van der Waals surface area contributed by atoms with Gasteiger partial charge in [-0.2, -0.15) is 0 Å². The van der Waals surface area contributed by atoms with Crippen LogP contribution in [-0.4, -0.2) is 22.4 Å². The highest BCUT2D eigenvalue weighted by molar-refractivity contribution is 5.20. The maximum Gasteiger partial charge on any atom is 0.123 e. The molecule has 2 N–H and O–H groups in total. The summed E-state index contributed by atoms with van der Waals surface area (Å²) in [5.74, 6) is -0.0973. The van der Waals surface area contributed by atoms with E-state index in [1.54, 1.807) is 19.1 Å². The molecule has 0 saturated heterocycles. The Labute approximate surface area is 95.7 Å². The molecular weight excluding hydrogens is 207 g/mol. The molecule has 16 heavy (non-hydrogen) atoms. The summed E-state index contributed by atoms with van der Waals surface area (Å²) in [5.41, 5.74) is 1.00. The summed E-state index contributed by atoms with van der Waals surface area (Å²) < 4.78 is 12.8. The van der Waals surface area contributed by atoms with Gasteiger partial charge in [-0.25, -0.2) is 4.39 Å². The van der Waals surface area contributed by atoms with Crippen molar-refractivity contribution < 1.29 is 14.6 Å². The van der Waals surface area contributed by atoms with Crippen molar-refractivity contribution in [2.75, 3.05) is 0 Å². The van der Waals surface area contributed by atoms with E-state index < -0.39 is 12.2 Å². The topological polar surface area (TPSA) is 40.5 Å². The smallest absolute Gasteiger partial charge is 0.123 e. The summed E-state index contributed by atoms with van der Waals surface area (Å²) in [6, 6.07) is 6.32. The number of hydrogen-bond donors (Lipinski definition) is 2. The highest BCUT2D eigenvalue weighted by Gasteiger charge is 2.18. The molecule has 0 radical (unpaired) electrons. The highest BCUT2D eigenvalue weighted by atomic mass is 19.1. The molecule has 3 atom stereocenters. The Bertz CT molecular complexity index is 308. The summed E-state index contributed by atoms with van der Waals surface area (Å²) in [7, 11) is 0. The lowest BCUT2D eigenvalue weighted by molar-refractivity contribution is 0.0215. The first-order chi connectivity index (χ1) is 7.54. The maximum absolute atomic E-state index is 12.8. The van der Waals surface area contributed by atoms with Crippen LogP contribution in [0, 0.1) is 5.82 Å². The van der Waals surface area contributed by atoms with Crippen LogP contribution in [0.25, 0.3) is 0 Å². The van der Waals surface area contributed by atoms with E-state index in [2.05, 4.69) is 0 Å². The van der Waals surface area contributed by atoms with Crippen molar-refractivity contribution in [3.63, 3.8) is 0 Å². The van der Waals surface area contributed by atoms with E-state index in [9.17, 15) is 14.6 Å². The zero-order chi connectivity index (χ0) is 12.1. The maximum atomic E-state index is 12.8. The van der Waals surface area contributed by atoms with Crippen LogP contribution in [0.2, 0.25) is 0 Å². The molecule has 0 aliphatic rings. The third-order valence-electron chi connectivity index (χ3n) is 2.92. The average molecular weight is 226 g/mol. The molecule has 0 aliphatic carbocycles. The lowest BCUT2D eigenvalue weighted by atomic mass is 9.89. The predicted octanol–water partition coefficient (Wildman–Crippen LogP) is 2.45. The molecule has 0 spiro atoms. The largest absolute Gasteiger partial charge is 0.391 e. The van der Waals surface area contributed by atoms with E-state index in [1.807, 2.05) is 6.92 Å². The first-order valence-corrected chi connectivity index (χ1v) is 5.66. The van der Waals surface area contributed by atoms with Crippen LogP contribution in [-0.2, 0) is 0 Å². The molecule has 0 heterocycles. The molecule has 0 aliphatic heterocycles. The normalized spacial score (nSPS) is 16.8. The molecule has 1 aromatic carbocycles. The summed E-state index contributed by atoms with van der Waals surface area (Å²) in [6.45, 7) is 3.59. The molecule has 3 unspecified atom stereocenters. The minimum absolute atomic E-state index is 0.158. The first-order valence-electron chi connectivity index (χ1n) is 5.66. The highest BCUT2D eigenvalue weighted by Crippen LogP contribution is 2.25. The second-order valence-corrected chi connectivity index (χ2v) is 4.20. The van der Waals surface area contributed by atoms with Crippen molar-refractivity contribution in [3.05, 3.63) is 35.6 Å². The van der Waals surface area contributed by atoms with Crippen LogP contribution in [0.15, 0.2) is 24.3 Å². The minimum atomic E-state index is -0.727. The van der Waals surface area contributed by atoms with Gasteiger partial charge in [0.15, 0.2) is 0 Å². The molecule has 0 amide bonds. The van der Waals surface area contributed by atoms with Crippen LogP contribution < -0.4 is 0 Å². The van der Waals surface area contributed by atoms with Crippen molar-refractivity contribution in [1.82, 2.24) is 0 Å². The van der Waals surface area contributed by atoms with Crippen molar-refractivity contribution in [3.8, 4) is 0 Å². The van der Waals surface area contributed by atoms with Crippen molar-refractivity contribution in [1.29, 1.82) is 0 Å². The molecule has 90 valence electrons. The van der Waals surface area contributed by atoms with Crippen molar-refractivity contribution >= 4 is 0 Å². The number of halogens is 1. The molecule has 1 rings (SSSR count). The quantitative estimate of drug-likeness (QED) is 0.809. The molecule has 3 heteroatoms. The predicted molar refractivity (Wildman–Crippen MR) is 61.7 cm³/mol. The fourth-order valence-corrected chi connectivity index (χ4v) is 1.76. The Morgan fingerprint density at radius 2 is 1.75 bits per heavy atom. The first kappa shape index (κ1) is 13.1. The molecular formula is C13H19FO2. The Balaban J connectivity index is 2.70. The number of hydrogen-bond acceptors (Lipinski definition) is 2. The third kappa shape index (κ3) is 3.58. The summed E-state index contributed by atoms with van der Waals surface area (Å²) in [6.07, 6.45) is -0.0978. The monoisotopic (exact) mass is 226 g/mol. The van der Waals surface area contributed by atoms with Gasteiger partial charge in [-0.1, -0.05) is 19.1 Å². The van der Waals surface area contributed by atoms with E-state index >= 15 is 0 Å². The van der Waals surface area contributed by atoms with E-state index in [0.29, 0.717) is 6.42 Å². The van der Waals surface area contributed by atoms with Gasteiger partial charge in [-0.3, -0.25) is 0 Å². The second kappa shape index (κ2) is 5.97. The number of aliphatic hydroxyl groups excluding tert-OH is 2. The van der Waals surface area contributed by atoms with Crippen LogP contribution in [0.5, 0.6) is 0 Å². The second-order valence-electron chi connectivity index (χ2n) is 4.20. The standard InChI is InChI=1S/C13H19FO2/c1-3-10(8-13(16)9(2)15)11-4-6-12(14)7-5-11/h4-7,9-10,13,15-16H,3,8H2,1-2H3. The SMILES string of the molecule is CCC(CC(O)C(C)O)c1ccc(F)cc1. The van der Waals surface area contributed by atoms with E-state index in [0.717, 1.165) is 12.0 Å². The molecule has 0 saturated carbocycles. The Morgan fingerprint density at radius 3 is 2.19 bits per heavy atom. The third-order valence-corrected chi connectivity index (χ3v) is 2.92. The van der Waals surface area contributed by atoms with Crippen molar-refractivity contribution in [2.45, 2.75) is 44.8 Å². The van der Waals surface area contributed by atoms with Crippen LogP contribution in [0.4, 0.5) is 4.39 Å². The molecule has 0 fully saturated rings. The van der Waals surface area contributed by atoms with Gasteiger partial charge < -0.3 is 10.2 Å². The average Bonchev–Trinajstić information content (AvgIpc) is 2.26. The van der Waals surface area contributed by atoms with Gasteiger partial charge >= 0.3 is 0 Å². The van der Waals surface area contributed by atoms with Crippen LogP contribution >= 0.6 is 0 Å². The van der Waals surface area contributed by atoms with Gasteiger partial charge in [0.1, 0.15) is 5.82 Å².